The smallest absolute Gasteiger partial charge is 0.253 e. The first-order chi connectivity index (χ1) is 12.6. The fourth-order valence-corrected chi connectivity index (χ4v) is 3.53. The summed E-state index contributed by atoms with van der Waals surface area (Å²) in [4.78, 5) is 14.8. The normalized spacial score (nSPS) is 17.5. The minimum absolute atomic E-state index is 0.0399. The highest BCUT2D eigenvalue weighted by Crippen LogP contribution is 2.25. The highest BCUT2D eigenvalue weighted by Gasteiger charge is 2.27. The van der Waals surface area contributed by atoms with Crippen molar-refractivity contribution in [3.63, 3.8) is 0 Å². The number of nitrogens with one attached hydrogen (secondary N) is 1. The van der Waals surface area contributed by atoms with E-state index in [-0.39, 0.29) is 11.8 Å². The van der Waals surface area contributed by atoms with Gasteiger partial charge in [-0.3, -0.25) is 4.79 Å². The molecule has 3 heterocycles. The third kappa shape index (κ3) is 3.10. The summed E-state index contributed by atoms with van der Waals surface area (Å²) < 4.78 is 1.89. The predicted molar refractivity (Wildman–Crippen MR) is 95.1 cm³/mol. The van der Waals surface area contributed by atoms with E-state index in [0.717, 1.165) is 36.5 Å². The lowest BCUT2D eigenvalue weighted by Crippen LogP contribution is -2.39. The lowest BCUT2D eigenvalue weighted by atomic mass is 9.97. The van der Waals surface area contributed by atoms with E-state index >= 15 is 0 Å². The van der Waals surface area contributed by atoms with Gasteiger partial charge in [0.2, 0.25) is 0 Å². The van der Waals surface area contributed by atoms with Crippen LogP contribution in [-0.4, -0.2) is 54.3 Å². The number of hydrogen-bond acceptors (Lipinski definition) is 5. The first-order valence-electron chi connectivity index (χ1n) is 8.78. The number of nitrogens with zero attached hydrogens (tertiary/aromatic N) is 6. The SMILES string of the molecule is Cc1cc(C)n(-c2ccc(C(=O)N3CCCC(c4nn[nH]n4)C3)cc2)n1. The van der Waals surface area contributed by atoms with E-state index in [2.05, 4.69) is 25.7 Å². The van der Waals surface area contributed by atoms with Gasteiger partial charge in [-0.1, -0.05) is 5.21 Å². The van der Waals surface area contributed by atoms with Crippen molar-refractivity contribution >= 4 is 5.91 Å². The molecule has 0 saturated carbocycles. The molecule has 4 rings (SSSR count). The first kappa shape index (κ1) is 16.4. The number of benzene rings is 1. The Hall–Kier alpha value is -3.03. The van der Waals surface area contributed by atoms with Gasteiger partial charge < -0.3 is 4.90 Å². The van der Waals surface area contributed by atoms with Crippen LogP contribution in [0, 0.1) is 13.8 Å². The van der Waals surface area contributed by atoms with Gasteiger partial charge in [0, 0.05) is 30.3 Å². The van der Waals surface area contributed by atoms with Crippen LogP contribution in [0.4, 0.5) is 0 Å². The minimum Gasteiger partial charge on any atom is -0.338 e. The highest BCUT2D eigenvalue weighted by molar-refractivity contribution is 5.94. The van der Waals surface area contributed by atoms with Crippen molar-refractivity contribution in [1.82, 2.24) is 35.3 Å². The van der Waals surface area contributed by atoms with Gasteiger partial charge in [-0.25, -0.2) is 4.68 Å². The van der Waals surface area contributed by atoms with Crippen LogP contribution in [0.5, 0.6) is 0 Å². The fraction of sp³-hybridized carbons (Fsp3) is 0.389. The molecule has 1 aromatic carbocycles. The number of hydrogen-bond donors (Lipinski definition) is 1. The van der Waals surface area contributed by atoms with Crippen LogP contribution >= 0.6 is 0 Å². The van der Waals surface area contributed by atoms with E-state index in [1.807, 2.05) is 53.8 Å². The Morgan fingerprint density at radius 2 is 2.04 bits per heavy atom. The Labute approximate surface area is 151 Å². The van der Waals surface area contributed by atoms with E-state index < -0.39 is 0 Å². The third-order valence-electron chi connectivity index (χ3n) is 4.80. The Morgan fingerprint density at radius 1 is 1.23 bits per heavy atom. The average Bonchev–Trinajstić information content (AvgIpc) is 3.31. The van der Waals surface area contributed by atoms with Crippen molar-refractivity contribution in [3.8, 4) is 5.69 Å². The Balaban J connectivity index is 1.50. The van der Waals surface area contributed by atoms with Gasteiger partial charge in [0.1, 0.15) is 0 Å². The van der Waals surface area contributed by atoms with E-state index in [0.29, 0.717) is 17.9 Å². The molecular formula is C18H21N7O. The number of aromatic nitrogens is 6. The lowest BCUT2D eigenvalue weighted by Gasteiger charge is -2.31. The average molecular weight is 351 g/mol. The molecule has 0 aliphatic carbocycles. The second-order valence-electron chi connectivity index (χ2n) is 6.75. The molecule has 8 heteroatoms. The monoisotopic (exact) mass is 351 g/mol. The number of aryl methyl sites for hydroxylation is 2. The van der Waals surface area contributed by atoms with E-state index in [1.165, 1.54) is 0 Å². The molecule has 1 N–H and O–H groups in total. The maximum atomic E-state index is 12.9. The molecule has 26 heavy (non-hydrogen) atoms. The quantitative estimate of drug-likeness (QED) is 0.779. The van der Waals surface area contributed by atoms with Gasteiger partial charge in [0.25, 0.3) is 5.91 Å². The zero-order chi connectivity index (χ0) is 18.1. The summed E-state index contributed by atoms with van der Waals surface area (Å²) >= 11 is 0. The van der Waals surface area contributed by atoms with Crippen LogP contribution in [0.2, 0.25) is 0 Å². The van der Waals surface area contributed by atoms with Crippen molar-refractivity contribution in [2.24, 2.45) is 0 Å². The van der Waals surface area contributed by atoms with Gasteiger partial charge >= 0.3 is 0 Å². The second kappa shape index (κ2) is 6.70. The molecule has 1 aliphatic heterocycles. The van der Waals surface area contributed by atoms with Gasteiger partial charge in [-0.05, 0) is 57.0 Å². The molecule has 1 atom stereocenters. The van der Waals surface area contributed by atoms with Crippen molar-refractivity contribution in [3.05, 3.63) is 53.1 Å². The summed E-state index contributed by atoms with van der Waals surface area (Å²) in [5.41, 5.74) is 3.68. The van der Waals surface area contributed by atoms with E-state index in [4.69, 9.17) is 0 Å². The number of piperidine rings is 1. The van der Waals surface area contributed by atoms with Crippen molar-refractivity contribution < 1.29 is 4.79 Å². The molecular weight excluding hydrogens is 330 g/mol. The van der Waals surface area contributed by atoms with Crippen molar-refractivity contribution in [2.75, 3.05) is 13.1 Å². The lowest BCUT2D eigenvalue weighted by molar-refractivity contribution is 0.0704. The molecule has 0 radical (unpaired) electrons. The predicted octanol–water partition coefficient (Wildman–Crippen LogP) is 2.02. The largest absolute Gasteiger partial charge is 0.338 e. The maximum absolute atomic E-state index is 12.9. The maximum Gasteiger partial charge on any atom is 0.253 e. The molecule has 1 aliphatic rings. The molecule has 1 saturated heterocycles. The minimum atomic E-state index is 0.0399. The molecule has 3 aromatic rings. The Morgan fingerprint density at radius 3 is 2.69 bits per heavy atom. The second-order valence-corrected chi connectivity index (χ2v) is 6.75. The van der Waals surface area contributed by atoms with Crippen LogP contribution in [0.15, 0.2) is 30.3 Å². The summed E-state index contributed by atoms with van der Waals surface area (Å²) in [5.74, 6) is 0.862. The van der Waals surface area contributed by atoms with Crippen molar-refractivity contribution in [1.29, 1.82) is 0 Å². The number of amides is 1. The Bertz CT molecular complexity index is 898. The van der Waals surface area contributed by atoms with E-state index in [1.54, 1.807) is 0 Å². The Kier molecular flexibility index (Phi) is 4.24. The standard InChI is InChI=1S/C18H21N7O/c1-12-10-13(2)25(21-12)16-7-5-14(6-8-16)18(26)24-9-3-4-15(11-24)17-19-22-23-20-17/h5-8,10,15H,3-4,9,11H2,1-2H3,(H,19,20,22,23). The number of carbonyl (C=O) groups excluding carboxylic acids is 1. The summed E-state index contributed by atoms with van der Waals surface area (Å²) in [6.07, 6.45) is 1.91. The number of rotatable bonds is 3. The van der Waals surface area contributed by atoms with Crippen LogP contribution < -0.4 is 0 Å². The van der Waals surface area contributed by atoms with Gasteiger partial charge in [0.15, 0.2) is 5.82 Å². The summed E-state index contributed by atoms with van der Waals surface area (Å²) in [7, 11) is 0. The zero-order valence-electron chi connectivity index (χ0n) is 14.9. The molecule has 1 unspecified atom stereocenters. The summed E-state index contributed by atoms with van der Waals surface area (Å²) in [5, 5.41) is 18.7. The fourth-order valence-electron chi connectivity index (χ4n) is 3.53. The molecule has 1 amide bonds. The number of tetrazole rings is 1. The molecule has 0 spiro atoms. The van der Waals surface area contributed by atoms with Crippen LogP contribution in [-0.2, 0) is 0 Å². The first-order valence-corrected chi connectivity index (χ1v) is 8.78. The summed E-state index contributed by atoms with van der Waals surface area (Å²) in [6.45, 7) is 5.37. The van der Waals surface area contributed by atoms with Crippen LogP contribution in [0.1, 0.15) is 46.3 Å². The zero-order valence-corrected chi connectivity index (χ0v) is 14.9. The number of carbonyl (C=O) groups is 1. The molecule has 0 bridgehead atoms. The number of H-pyrrole nitrogens is 1. The molecule has 134 valence electrons. The van der Waals surface area contributed by atoms with Gasteiger partial charge in [0.05, 0.1) is 11.4 Å². The van der Waals surface area contributed by atoms with Gasteiger partial charge in [-0.2, -0.15) is 10.3 Å². The molecule has 8 nitrogen and oxygen atoms in total. The highest BCUT2D eigenvalue weighted by atomic mass is 16.2. The van der Waals surface area contributed by atoms with Gasteiger partial charge in [-0.15, -0.1) is 10.2 Å². The topological polar surface area (TPSA) is 92.6 Å². The van der Waals surface area contributed by atoms with Crippen LogP contribution in [0.25, 0.3) is 5.69 Å². The number of likely N-dealkylation sites (tertiary alicyclic amines) is 1. The third-order valence-corrected chi connectivity index (χ3v) is 4.80. The van der Waals surface area contributed by atoms with Crippen LogP contribution in [0.3, 0.4) is 0 Å². The molecule has 2 aromatic heterocycles. The van der Waals surface area contributed by atoms with Crippen molar-refractivity contribution in [2.45, 2.75) is 32.6 Å². The van der Waals surface area contributed by atoms with E-state index in [9.17, 15) is 4.79 Å². The number of aromatic amines is 1. The molecule has 1 fully saturated rings. The summed E-state index contributed by atoms with van der Waals surface area (Å²) in [6, 6.07) is 9.64.